The van der Waals surface area contributed by atoms with Gasteiger partial charge in [-0.15, -0.1) is 0 Å². The van der Waals surface area contributed by atoms with Gasteiger partial charge in [0.05, 0.1) is 24.4 Å². The normalized spacial score (nSPS) is 13.1. The molecule has 0 aliphatic carbocycles. The molecule has 1 aromatic heterocycles. The number of aromatic nitrogens is 1. The van der Waals surface area contributed by atoms with Gasteiger partial charge in [-0.2, -0.15) is 0 Å². The van der Waals surface area contributed by atoms with E-state index in [-0.39, 0.29) is 11.9 Å². The standard InChI is InChI=1S/C21H33N5O2/c1-15(7-5-12-25-21(27)18(23)9-3-4-10-22)26-19-14-17(28-2)13-16-8-6-11-24-20(16)19/h6,8,11,13-15,18,26H,3-5,7,9-10,12,22-23H2,1-2H3,(H,25,27)/t15?,18-/m1/s1. The number of methoxy groups -OCH3 is 1. The van der Waals surface area contributed by atoms with Gasteiger partial charge in [0.15, 0.2) is 0 Å². The molecule has 0 radical (unpaired) electrons. The van der Waals surface area contributed by atoms with Crippen molar-refractivity contribution in [3.8, 4) is 5.75 Å². The topological polar surface area (TPSA) is 115 Å². The molecule has 0 saturated carbocycles. The van der Waals surface area contributed by atoms with Crippen LogP contribution in [0, 0.1) is 0 Å². The Hall–Kier alpha value is -2.38. The second-order valence-electron chi connectivity index (χ2n) is 7.12. The summed E-state index contributed by atoms with van der Waals surface area (Å²) < 4.78 is 5.39. The summed E-state index contributed by atoms with van der Waals surface area (Å²) in [7, 11) is 1.66. The number of pyridine rings is 1. The van der Waals surface area contributed by atoms with Crippen LogP contribution >= 0.6 is 0 Å². The molecule has 154 valence electrons. The second-order valence-corrected chi connectivity index (χ2v) is 7.12. The Morgan fingerprint density at radius 1 is 1.25 bits per heavy atom. The zero-order valence-corrected chi connectivity index (χ0v) is 16.9. The molecule has 1 aromatic carbocycles. The van der Waals surface area contributed by atoms with E-state index in [9.17, 15) is 4.79 Å². The summed E-state index contributed by atoms with van der Waals surface area (Å²) in [5, 5.41) is 7.47. The third-order valence-electron chi connectivity index (χ3n) is 4.74. The van der Waals surface area contributed by atoms with Crippen LogP contribution in [-0.2, 0) is 4.79 Å². The molecular formula is C21H33N5O2. The van der Waals surface area contributed by atoms with Crippen LogP contribution in [0.5, 0.6) is 5.75 Å². The largest absolute Gasteiger partial charge is 0.497 e. The lowest BCUT2D eigenvalue weighted by atomic mass is 10.1. The Balaban J connectivity index is 1.79. The molecule has 0 fully saturated rings. The van der Waals surface area contributed by atoms with Gasteiger partial charge in [0.2, 0.25) is 5.91 Å². The van der Waals surface area contributed by atoms with Crippen LogP contribution in [0.4, 0.5) is 5.69 Å². The highest BCUT2D eigenvalue weighted by Crippen LogP contribution is 2.28. The number of carbonyl (C=O) groups is 1. The number of anilines is 1. The molecule has 2 atom stereocenters. The summed E-state index contributed by atoms with van der Waals surface area (Å²) in [6.45, 7) is 3.37. The maximum atomic E-state index is 12.0. The quantitative estimate of drug-likeness (QED) is 0.416. The van der Waals surface area contributed by atoms with E-state index in [4.69, 9.17) is 16.2 Å². The first-order valence-electron chi connectivity index (χ1n) is 9.97. The molecule has 7 nitrogen and oxygen atoms in total. The number of amides is 1. The number of ether oxygens (including phenoxy) is 1. The monoisotopic (exact) mass is 387 g/mol. The van der Waals surface area contributed by atoms with E-state index in [2.05, 4.69) is 22.5 Å². The van der Waals surface area contributed by atoms with Crippen LogP contribution in [0.25, 0.3) is 10.9 Å². The van der Waals surface area contributed by atoms with Gasteiger partial charge in [-0.3, -0.25) is 9.78 Å². The van der Waals surface area contributed by atoms with E-state index in [1.165, 1.54) is 0 Å². The second kappa shape index (κ2) is 11.5. The van der Waals surface area contributed by atoms with E-state index >= 15 is 0 Å². The number of unbranched alkanes of at least 4 members (excludes halogenated alkanes) is 1. The predicted molar refractivity (Wildman–Crippen MR) is 115 cm³/mol. The molecule has 7 heteroatoms. The summed E-state index contributed by atoms with van der Waals surface area (Å²) in [5.74, 6) is 0.715. The van der Waals surface area contributed by atoms with Crippen molar-refractivity contribution >= 4 is 22.5 Å². The maximum absolute atomic E-state index is 12.0. The first-order valence-corrected chi connectivity index (χ1v) is 9.97. The number of rotatable bonds is 12. The number of benzene rings is 1. The lowest BCUT2D eigenvalue weighted by Gasteiger charge is -2.18. The Bertz CT molecular complexity index is 753. The minimum Gasteiger partial charge on any atom is -0.497 e. The summed E-state index contributed by atoms with van der Waals surface area (Å²) >= 11 is 0. The number of nitrogens with zero attached hydrogens (tertiary/aromatic N) is 1. The van der Waals surface area contributed by atoms with Crippen LogP contribution in [0.1, 0.15) is 39.0 Å². The van der Waals surface area contributed by atoms with Crippen molar-refractivity contribution in [2.75, 3.05) is 25.5 Å². The van der Waals surface area contributed by atoms with Gasteiger partial charge >= 0.3 is 0 Å². The number of hydrogen-bond donors (Lipinski definition) is 4. The molecule has 0 aliphatic heterocycles. The Kier molecular flexibility index (Phi) is 8.97. The fourth-order valence-electron chi connectivity index (χ4n) is 3.12. The number of fused-ring (bicyclic) bond motifs is 1. The van der Waals surface area contributed by atoms with Crippen LogP contribution < -0.4 is 26.8 Å². The van der Waals surface area contributed by atoms with E-state index < -0.39 is 6.04 Å². The smallest absolute Gasteiger partial charge is 0.236 e. The van der Waals surface area contributed by atoms with Gasteiger partial charge in [0, 0.05) is 30.2 Å². The molecule has 2 aromatic rings. The molecular weight excluding hydrogens is 354 g/mol. The minimum absolute atomic E-state index is 0.0828. The summed E-state index contributed by atoms with van der Waals surface area (Å²) in [6, 6.07) is 7.66. The van der Waals surface area contributed by atoms with E-state index in [1.54, 1.807) is 13.3 Å². The molecule has 2 rings (SSSR count). The van der Waals surface area contributed by atoms with Crippen molar-refractivity contribution in [2.24, 2.45) is 11.5 Å². The summed E-state index contributed by atoms with van der Waals surface area (Å²) in [6.07, 6.45) is 6.03. The van der Waals surface area contributed by atoms with E-state index in [0.717, 1.165) is 48.0 Å². The first-order chi connectivity index (χ1) is 13.5. The van der Waals surface area contributed by atoms with Crippen molar-refractivity contribution in [3.05, 3.63) is 30.5 Å². The molecule has 28 heavy (non-hydrogen) atoms. The average Bonchev–Trinajstić information content (AvgIpc) is 2.70. The van der Waals surface area contributed by atoms with Crippen molar-refractivity contribution in [3.63, 3.8) is 0 Å². The van der Waals surface area contributed by atoms with E-state index in [1.807, 2.05) is 24.3 Å². The predicted octanol–water partition coefficient (Wildman–Crippen LogP) is 2.40. The molecule has 0 saturated heterocycles. The van der Waals surface area contributed by atoms with Crippen LogP contribution in [0.15, 0.2) is 30.5 Å². The molecule has 6 N–H and O–H groups in total. The van der Waals surface area contributed by atoms with Crippen molar-refractivity contribution in [1.82, 2.24) is 10.3 Å². The lowest BCUT2D eigenvalue weighted by molar-refractivity contribution is -0.122. The molecule has 0 spiro atoms. The number of nitrogens with two attached hydrogens (primary N) is 2. The molecule has 1 unspecified atom stereocenters. The third-order valence-corrected chi connectivity index (χ3v) is 4.74. The number of hydrogen-bond acceptors (Lipinski definition) is 6. The van der Waals surface area contributed by atoms with E-state index in [0.29, 0.717) is 19.5 Å². The Labute approximate surface area is 167 Å². The Morgan fingerprint density at radius 3 is 2.82 bits per heavy atom. The van der Waals surface area contributed by atoms with Gasteiger partial charge < -0.3 is 26.8 Å². The molecule has 0 aliphatic rings. The van der Waals surface area contributed by atoms with Crippen molar-refractivity contribution < 1.29 is 9.53 Å². The molecule has 0 bridgehead atoms. The van der Waals surface area contributed by atoms with Gasteiger partial charge in [-0.1, -0.05) is 12.5 Å². The van der Waals surface area contributed by atoms with Gasteiger partial charge in [-0.25, -0.2) is 0 Å². The minimum atomic E-state index is -0.448. The fourth-order valence-corrected chi connectivity index (χ4v) is 3.12. The zero-order valence-electron chi connectivity index (χ0n) is 16.9. The van der Waals surface area contributed by atoms with Crippen LogP contribution in [0.2, 0.25) is 0 Å². The number of nitrogens with one attached hydrogen (secondary N) is 2. The summed E-state index contributed by atoms with van der Waals surface area (Å²) in [5.41, 5.74) is 13.2. The average molecular weight is 388 g/mol. The number of carbonyl (C=O) groups excluding carboxylic acids is 1. The fraction of sp³-hybridized carbons (Fsp3) is 0.524. The molecule has 1 amide bonds. The highest BCUT2D eigenvalue weighted by Gasteiger charge is 2.13. The molecule has 1 heterocycles. The van der Waals surface area contributed by atoms with Crippen LogP contribution in [-0.4, -0.2) is 43.2 Å². The highest BCUT2D eigenvalue weighted by atomic mass is 16.5. The SMILES string of the molecule is COc1cc(NC(C)CCCNC(=O)[C@H](N)CCCCN)c2ncccc2c1. The Morgan fingerprint density at radius 2 is 2.07 bits per heavy atom. The van der Waals surface area contributed by atoms with Crippen molar-refractivity contribution in [2.45, 2.75) is 51.1 Å². The zero-order chi connectivity index (χ0) is 20.4. The van der Waals surface area contributed by atoms with Gasteiger partial charge in [-0.05, 0) is 51.3 Å². The highest BCUT2D eigenvalue weighted by molar-refractivity contribution is 5.91. The lowest BCUT2D eigenvalue weighted by Crippen LogP contribution is -2.41. The van der Waals surface area contributed by atoms with Gasteiger partial charge in [0.1, 0.15) is 5.75 Å². The van der Waals surface area contributed by atoms with Crippen molar-refractivity contribution in [1.29, 1.82) is 0 Å². The maximum Gasteiger partial charge on any atom is 0.236 e. The van der Waals surface area contributed by atoms with Crippen LogP contribution in [0.3, 0.4) is 0 Å². The van der Waals surface area contributed by atoms with Gasteiger partial charge in [0.25, 0.3) is 0 Å². The summed E-state index contributed by atoms with van der Waals surface area (Å²) in [4.78, 5) is 16.5. The first kappa shape index (κ1) is 21.9. The third kappa shape index (κ3) is 6.65.